The zero-order valence-electron chi connectivity index (χ0n) is 16.6. The highest BCUT2D eigenvalue weighted by molar-refractivity contribution is 7.97. The van der Waals surface area contributed by atoms with Gasteiger partial charge in [-0.1, -0.05) is 60.7 Å². The van der Waals surface area contributed by atoms with Crippen LogP contribution < -0.4 is 23.4 Å². The number of hydrogen-bond acceptors (Lipinski definition) is 6. The third-order valence-corrected chi connectivity index (χ3v) is 7.08. The van der Waals surface area contributed by atoms with Crippen molar-refractivity contribution in [1.82, 2.24) is 0 Å². The predicted molar refractivity (Wildman–Crippen MR) is 110 cm³/mol. The molecule has 0 N–H and O–H groups in total. The fraction of sp³-hybridized carbons (Fsp3) is 0.0417. The van der Waals surface area contributed by atoms with Gasteiger partial charge in [0.05, 0.1) is 10.9 Å². The van der Waals surface area contributed by atoms with Gasteiger partial charge in [0.25, 0.3) is 0 Å². The van der Waals surface area contributed by atoms with Gasteiger partial charge in [0.1, 0.15) is 0 Å². The number of carbonyl (C=O) groups is 1. The Labute approximate surface area is 189 Å². The summed E-state index contributed by atoms with van der Waals surface area (Å²) in [4.78, 5) is 15.3. The Morgan fingerprint density at radius 1 is 0.719 bits per heavy atom. The summed E-state index contributed by atoms with van der Waals surface area (Å²) in [6, 6.07) is 30.2. The van der Waals surface area contributed by atoms with E-state index in [9.17, 15) is 4.79 Å². The maximum absolute atomic E-state index is 13.1. The molecule has 4 aromatic carbocycles. The molecule has 0 amide bonds. The van der Waals surface area contributed by atoms with E-state index >= 15 is 0 Å². The maximum atomic E-state index is 13.1. The molecule has 0 saturated heterocycles. The zero-order valence-corrected chi connectivity index (χ0v) is 18.2. The standard InChI is InChI=1S/C24H17O2S.ClHO4/c25-20(19-14-13-17-7-1-2-8-18(17)15-19)16-27-23-11-5-3-9-21(23)26-22-10-4-6-12-24(22)27;2-1(3,4)5/h1-15H,16H2;(H,2,3,4,5)/q+1;/p-1. The lowest BCUT2D eigenvalue weighted by Gasteiger charge is -2.19. The molecule has 0 aromatic heterocycles. The second-order valence-corrected chi connectivity index (χ2v) is 9.60. The van der Waals surface area contributed by atoms with Gasteiger partial charge in [-0.3, -0.25) is 4.79 Å². The largest absolute Gasteiger partial charge is 0.447 e. The summed E-state index contributed by atoms with van der Waals surface area (Å²) in [5, 5.41) is 2.25. The molecule has 5 rings (SSSR count). The lowest BCUT2D eigenvalue weighted by molar-refractivity contribution is -2.00. The van der Waals surface area contributed by atoms with Crippen molar-refractivity contribution in [2.75, 3.05) is 5.75 Å². The molecule has 0 aliphatic carbocycles. The first-order valence-corrected chi connectivity index (χ1v) is 12.1. The summed E-state index contributed by atoms with van der Waals surface area (Å²) < 4.78 is 40.0. The van der Waals surface area contributed by atoms with Crippen molar-refractivity contribution in [3.63, 3.8) is 0 Å². The summed E-state index contributed by atoms with van der Waals surface area (Å²) in [6.45, 7) is 0. The summed E-state index contributed by atoms with van der Waals surface area (Å²) in [5.74, 6) is 2.32. The number of halogens is 1. The van der Waals surface area contributed by atoms with Gasteiger partial charge in [0, 0.05) is 5.56 Å². The molecule has 0 unspecified atom stereocenters. The molecule has 0 fully saturated rings. The molecule has 1 aliphatic heterocycles. The second kappa shape index (κ2) is 9.30. The van der Waals surface area contributed by atoms with Crippen LogP contribution in [0.4, 0.5) is 0 Å². The highest BCUT2D eigenvalue weighted by Crippen LogP contribution is 2.43. The van der Waals surface area contributed by atoms with Crippen molar-refractivity contribution in [3.05, 3.63) is 96.6 Å². The number of hydrogen-bond donors (Lipinski definition) is 0. The molecular formula is C24H17ClO6S. The van der Waals surface area contributed by atoms with Crippen LogP contribution in [0.1, 0.15) is 10.4 Å². The van der Waals surface area contributed by atoms with Crippen molar-refractivity contribution >= 4 is 27.5 Å². The average Bonchev–Trinajstić information content (AvgIpc) is 2.77. The van der Waals surface area contributed by atoms with Gasteiger partial charge in [0.2, 0.25) is 15.6 Å². The fourth-order valence-corrected chi connectivity index (χ4v) is 5.61. The van der Waals surface area contributed by atoms with Crippen LogP contribution in [0.5, 0.6) is 11.5 Å². The number of rotatable bonds is 3. The molecule has 0 bridgehead atoms. The van der Waals surface area contributed by atoms with Gasteiger partial charge in [0.15, 0.2) is 17.3 Å². The second-order valence-electron chi connectivity index (χ2n) is 6.89. The van der Waals surface area contributed by atoms with E-state index in [0.717, 1.165) is 37.6 Å². The summed E-state index contributed by atoms with van der Waals surface area (Å²) in [7, 11) is -5.28. The quantitative estimate of drug-likeness (QED) is 0.328. The molecule has 1 aliphatic rings. The predicted octanol–water partition coefficient (Wildman–Crippen LogP) is 1.11. The van der Waals surface area contributed by atoms with Crippen LogP contribution in [0.15, 0.2) is 101 Å². The third-order valence-electron chi connectivity index (χ3n) is 4.80. The first-order chi connectivity index (χ1) is 15.3. The highest BCUT2D eigenvalue weighted by Gasteiger charge is 2.38. The van der Waals surface area contributed by atoms with Gasteiger partial charge >= 0.3 is 0 Å². The van der Waals surface area contributed by atoms with Crippen molar-refractivity contribution in [1.29, 1.82) is 0 Å². The van der Waals surface area contributed by atoms with Crippen molar-refractivity contribution < 1.29 is 38.4 Å². The molecule has 4 aromatic rings. The van der Waals surface area contributed by atoms with Gasteiger partial charge < -0.3 is 4.74 Å². The molecule has 6 nitrogen and oxygen atoms in total. The fourth-order valence-electron chi connectivity index (χ4n) is 3.45. The number of benzene rings is 4. The zero-order chi connectivity index (χ0) is 22.7. The molecule has 162 valence electrons. The van der Waals surface area contributed by atoms with E-state index in [4.69, 9.17) is 23.4 Å². The Morgan fingerprint density at radius 2 is 1.22 bits per heavy atom. The molecule has 0 spiro atoms. The van der Waals surface area contributed by atoms with E-state index in [2.05, 4.69) is 18.2 Å². The van der Waals surface area contributed by atoms with E-state index in [1.807, 2.05) is 72.8 Å². The Bertz CT molecular complexity index is 1220. The Hall–Kier alpha value is -2.91. The maximum Gasteiger partial charge on any atom is 0.212 e. The third kappa shape index (κ3) is 5.28. The SMILES string of the molecule is O=C(C[S+]1c2ccccc2Oc2ccccc21)c1ccc2ccccc2c1.[O-][Cl+3]([O-])([O-])[O-]. The van der Waals surface area contributed by atoms with Crippen LogP contribution in [-0.4, -0.2) is 11.5 Å². The number of para-hydroxylation sites is 2. The summed E-state index contributed by atoms with van der Waals surface area (Å²) in [5.41, 5.74) is 0.766. The number of Topliss-reactive ketones (excluding diaryl/α,β-unsaturated/α-hetero) is 1. The minimum atomic E-state index is -4.94. The lowest BCUT2D eigenvalue weighted by Crippen LogP contribution is -2.68. The molecule has 0 radical (unpaired) electrons. The number of fused-ring (bicyclic) bond motifs is 3. The van der Waals surface area contributed by atoms with Gasteiger partial charge in [-0.2, -0.15) is 0 Å². The van der Waals surface area contributed by atoms with Crippen LogP contribution in [0, 0.1) is 10.2 Å². The summed E-state index contributed by atoms with van der Waals surface area (Å²) >= 11 is 0. The molecule has 0 atom stereocenters. The van der Waals surface area contributed by atoms with Crippen molar-refractivity contribution in [3.8, 4) is 11.5 Å². The highest BCUT2D eigenvalue weighted by atomic mass is 35.7. The van der Waals surface area contributed by atoms with E-state index in [0.29, 0.717) is 5.75 Å². The van der Waals surface area contributed by atoms with E-state index in [1.165, 1.54) is 0 Å². The van der Waals surface area contributed by atoms with E-state index in [1.54, 1.807) is 0 Å². The monoisotopic (exact) mass is 468 g/mol. The Morgan fingerprint density at radius 3 is 1.81 bits per heavy atom. The molecular weight excluding hydrogens is 452 g/mol. The molecule has 8 heteroatoms. The minimum Gasteiger partial charge on any atom is -0.447 e. The van der Waals surface area contributed by atoms with E-state index in [-0.39, 0.29) is 16.7 Å². The average molecular weight is 469 g/mol. The van der Waals surface area contributed by atoms with Crippen LogP contribution in [0.3, 0.4) is 0 Å². The Balaban J connectivity index is 0.000000444. The number of ether oxygens (including phenoxy) is 1. The van der Waals surface area contributed by atoms with Gasteiger partial charge in [-0.05, 0) is 41.1 Å². The van der Waals surface area contributed by atoms with Gasteiger partial charge in [-0.15, -0.1) is 10.2 Å². The lowest BCUT2D eigenvalue weighted by atomic mass is 10.1. The van der Waals surface area contributed by atoms with Crippen LogP contribution in [0.25, 0.3) is 10.8 Å². The Kier molecular flexibility index (Phi) is 6.48. The van der Waals surface area contributed by atoms with Crippen LogP contribution >= 0.6 is 0 Å². The smallest absolute Gasteiger partial charge is 0.212 e. The van der Waals surface area contributed by atoms with Crippen molar-refractivity contribution in [2.45, 2.75) is 9.79 Å². The molecule has 1 heterocycles. The van der Waals surface area contributed by atoms with Crippen LogP contribution in [-0.2, 0) is 10.9 Å². The van der Waals surface area contributed by atoms with Gasteiger partial charge in [-0.25, -0.2) is 18.6 Å². The first-order valence-electron chi connectivity index (χ1n) is 9.50. The summed E-state index contributed by atoms with van der Waals surface area (Å²) in [6.07, 6.45) is 0. The number of carbonyl (C=O) groups excluding carboxylic acids is 1. The minimum absolute atomic E-state index is 0.163. The molecule has 32 heavy (non-hydrogen) atoms. The van der Waals surface area contributed by atoms with Crippen LogP contribution in [0.2, 0.25) is 0 Å². The topological polar surface area (TPSA) is 119 Å². The normalized spacial score (nSPS) is 12.8. The molecule has 0 saturated carbocycles. The number of ketones is 1. The van der Waals surface area contributed by atoms with Crippen molar-refractivity contribution in [2.24, 2.45) is 0 Å². The van der Waals surface area contributed by atoms with E-state index < -0.39 is 10.2 Å². The first kappa shape index (κ1) is 22.3.